The Morgan fingerprint density at radius 1 is 0.788 bits per heavy atom. The molecule has 0 aliphatic carbocycles. The lowest BCUT2D eigenvalue weighted by Crippen LogP contribution is -2.21. The predicted molar refractivity (Wildman–Crippen MR) is 125 cm³/mol. The third-order valence-electron chi connectivity index (χ3n) is 3.70. The molecular weight excluding hydrogens is 457 g/mol. The Morgan fingerprint density at radius 3 is 1.48 bits per heavy atom. The third-order valence-corrected chi connectivity index (χ3v) is 4.29. The summed E-state index contributed by atoms with van der Waals surface area (Å²) in [7, 11) is -5.84. The van der Waals surface area contributed by atoms with E-state index in [1.165, 1.54) is 6.42 Å². The zero-order chi connectivity index (χ0) is 24.6. The number of hydrazine groups is 1. The minimum atomic E-state index is -5.84. The number of hydrogen-bond donors (Lipinski definition) is 3. The second kappa shape index (κ2) is 14.8. The smallest absolute Gasteiger partial charge is 0.494 e. The number of para-hydroxylation sites is 3. The fraction of sp³-hybridized carbons (Fsp3) is 0.217. The van der Waals surface area contributed by atoms with Crippen molar-refractivity contribution < 1.29 is 30.9 Å². The fourth-order valence-corrected chi connectivity index (χ4v) is 2.04. The van der Waals surface area contributed by atoms with Crippen LogP contribution in [-0.2, 0) is 10.1 Å². The molecular formula is C23H27F3N2O4S. The summed E-state index contributed by atoms with van der Waals surface area (Å²) in [5.74, 6) is 0.973. The standard InChI is InChI=1S/C12H12N2.C10H14O.CHF3O3S/c1-3-7-11(8-4-1)13-14-12-9-5-2-6-10-12;1-2-3-9-11-10-7-5-4-6-8-10;2-1(3,4)8(5,6)7/h1-10,13-14H;4-8H,2-3,9H2,1H3;(H,5,6,7). The van der Waals surface area contributed by atoms with Crippen molar-refractivity contribution in [3.8, 4) is 5.75 Å². The van der Waals surface area contributed by atoms with Crippen molar-refractivity contribution in [1.29, 1.82) is 0 Å². The first-order chi connectivity index (χ1) is 15.6. The molecule has 0 unspecified atom stereocenters. The molecule has 3 aromatic rings. The van der Waals surface area contributed by atoms with Crippen molar-refractivity contribution in [2.24, 2.45) is 0 Å². The summed E-state index contributed by atoms with van der Waals surface area (Å²) in [5.41, 5.74) is 2.79. The minimum absolute atomic E-state index is 0.834. The van der Waals surface area contributed by atoms with Gasteiger partial charge in [0.1, 0.15) is 5.75 Å². The van der Waals surface area contributed by atoms with E-state index in [1.54, 1.807) is 0 Å². The van der Waals surface area contributed by atoms with Gasteiger partial charge in [-0.3, -0.25) is 4.55 Å². The average molecular weight is 485 g/mol. The van der Waals surface area contributed by atoms with Gasteiger partial charge < -0.3 is 15.6 Å². The summed E-state index contributed by atoms with van der Waals surface area (Å²) in [5, 5.41) is 0. The predicted octanol–water partition coefficient (Wildman–Crippen LogP) is 6.39. The van der Waals surface area contributed by atoms with Crippen LogP contribution in [0, 0.1) is 0 Å². The maximum atomic E-state index is 10.7. The molecule has 0 saturated heterocycles. The molecule has 0 fully saturated rings. The van der Waals surface area contributed by atoms with Gasteiger partial charge >= 0.3 is 15.6 Å². The van der Waals surface area contributed by atoms with Gasteiger partial charge in [0.05, 0.1) is 18.0 Å². The number of nitrogens with one attached hydrogen (secondary N) is 2. The summed E-state index contributed by atoms with van der Waals surface area (Å²) in [6.45, 7) is 2.99. The van der Waals surface area contributed by atoms with Gasteiger partial charge in [-0.2, -0.15) is 21.6 Å². The highest BCUT2D eigenvalue weighted by molar-refractivity contribution is 7.86. The fourth-order valence-electron chi connectivity index (χ4n) is 2.04. The number of ether oxygens (including phenoxy) is 1. The van der Waals surface area contributed by atoms with Crippen LogP contribution in [0.15, 0.2) is 91.0 Å². The molecule has 0 aliphatic rings. The normalized spacial score (nSPS) is 10.6. The van der Waals surface area contributed by atoms with Gasteiger partial charge in [0.2, 0.25) is 0 Å². The second-order valence-electron chi connectivity index (χ2n) is 6.42. The van der Waals surface area contributed by atoms with Gasteiger partial charge in [-0.25, -0.2) is 0 Å². The van der Waals surface area contributed by atoms with Crippen molar-refractivity contribution >= 4 is 21.5 Å². The number of rotatable bonds is 7. The first-order valence-corrected chi connectivity index (χ1v) is 11.4. The lowest BCUT2D eigenvalue weighted by Gasteiger charge is -2.08. The highest BCUT2D eigenvalue weighted by Crippen LogP contribution is 2.20. The van der Waals surface area contributed by atoms with Gasteiger partial charge in [-0.05, 0) is 42.8 Å². The minimum Gasteiger partial charge on any atom is -0.494 e. The van der Waals surface area contributed by atoms with E-state index >= 15 is 0 Å². The van der Waals surface area contributed by atoms with Crippen LogP contribution in [0.25, 0.3) is 0 Å². The molecule has 10 heteroatoms. The molecule has 0 aliphatic heterocycles. The van der Waals surface area contributed by atoms with Gasteiger partial charge in [0, 0.05) is 0 Å². The molecule has 0 aromatic heterocycles. The van der Waals surface area contributed by atoms with Gasteiger partial charge in [-0.15, -0.1) is 0 Å². The number of hydrogen-bond acceptors (Lipinski definition) is 5. The number of alkyl halides is 3. The van der Waals surface area contributed by atoms with Crippen LogP contribution in [0.3, 0.4) is 0 Å². The van der Waals surface area contributed by atoms with Crippen molar-refractivity contribution in [2.45, 2.75) is 25.3 Å². The van der Waals surface area contributed by atoms with E-state index in [9.17, 15) is 13.2 Å². The molecule has 180 valence electrons. The van der Waals surface area contributed by atoms with Crippen LogP contribution in [0.2, 0.25) is 0 Å². The van der Waals surface area contributed by atoms with E-state index in [0.29, 0.717) is 0 Å². The van der Waals surface area contributed by atoms with Crippen LogP contribution in [0.4, 0.5) is 24.5 Å². The van der Waals surface area contributed by atoms with E-state index < -0.39 is 15.6 Å². The molecule has 0 spiro atoms. The van der Waals surface area contributed by atoms with Crippen molar-refractivity contribution in [3.05, 3.63) is 91.0 Å². The quantitative estimate of drug-likeness (QED) is 0.156. The second-order valence-corrected chi connectivity index (χ2v) is 7.83. The number of anilines is 2. The lowest BCUT2D eigenvalue weighted by atomic mass is 10.3. The molecule has 33 heavy (non-hydrogen) atoms. The summed E-state index contributed by atoms with van der Waals surface area (Å²) in [4.78, 5) is 0. The van der Waals surface area contributed by atoms with E-state index in [1.807, 2.05) is 91.0 Å². The molecule has 0 heterocycles. The zero-order valence-corrected chi connectivity index (χ0v) is 18.8. The van der Waals surface area contributed by atoms with E-state index in [-0.39, 0.29) is 0 Å². The molecule has 3 aromatic carbocycles. The van der Waals surface area contributed by atoms with E-state index in [2.05, 4.69) is 17.8 Å². The van der Waals surface area contributed by atoms with Crippen LogP contribution < -0.4 is 15.6 Å². The number of halogens is 3. The molecule has 0 saturated carbocycles. The molecule has 3 rings (SSSR count). The summed E-state index contributed by atoms with van der Waals surface area (Å²) < 4.78 is 63.0. The molecule has 0 bridgehead atoms. The number of unbranched alkanes of at least 4 members (excludes halogenated alkanes) is 1. The Kier molecular flexibility index (Phi) is 12.4. The monoisotopic (exact) mass is 484 g/mol. The molecule has 6 nitrogen and oxygen atoms in total. The third kappa shape index (κ3) is 13.0. The summed E-state index contributed by atoms with van der Waals surface area (Å²) >= 11 is 0. The molecule has 0 amide bonds. The van der Waals surface area contributed by atoms with Gasteiger partial charge in [0.15, 0.2) is 0 Å². The highest BCUT2D eigenvalue weighted by atomic mass is 32.2. The van der Waals surface area contributed by atoms with Crippen LogP contribution >= 0.6 is 0 Å². The SMILES string of the molecule is CCCCOc1ccccc1.O=S(=O)(O)C(F)(F)F.c1ccc(NNc2ccccc2)cc1. The van der Waals surface area contributed by atoms with Crippen LogP contribution in [0.1, 0.15) is 19.8 Å². The molecule has 3 N–H and O–H groups in total. The number of benzene rings is 3. The summed E-state index contributed by atoms with van der Waals surface area (Å²) in [6, 6.07) is 29.9. The average Bonchev–Trinajstić information content (AvgIpc) is 2.80. The lowest BCUT2D eigenvalue weighted by molar-refractivity contribution is -0.0510. The van der Waals surface area contributed by atoms with Crippen LogP contribution in [-0.4, -0.2) is 25.1 Å². The van der Waals surface area contributed by atoms with Crippen LogP contribution in [0.5, 0.6) is 5.75 Å². The Hall–Kier alpha value is -3.24. The Bertz CT molecular complexity index is 949. The highest BCUT2D eigenvalue weighted by Gasteiger charge is 2.44. The van der Waals surface area contributed by atoms with Crippen molar-refractivity contribution in [1.82, 2.24) is 0 Å². The van der Waals surface area contributed by atoms with Crippen molar-refractivity contribution in [2.75, 3.05) is 17.5 Å². The Labute approximate surface area is 192 Å². The maximum absolute atomic E-state index is 10.7. The topological polar surface area (TPSA) is 87.7 Å². The van der Waals surface area contributed by atoms with E-state index in [4.69, 9.17) is 17.7 Å². The maximum Gasteiger partial charge on any atom is 0.522 e. The molecule has 0 atom stereocenters. The first-order valence-electron chi connectivity index (χ1n) is 9.97. The molecule has 0 radical (unpaired) electrons. The Morgan fingerprint density at radius 2 is 1.15 bits per heavy atom. The van der Waals surface area contributed by atoms with Crippen molar-refractivity contribution in [3.63, 3.8) is 0 Å². The largest absolute Gasteiger partial charge is 0.522 e. The summed E-state index contributed by atoms with van der Waals surface area (Å²) in [6.07, 6.45) is 2.32. The van der Waals surface area contributed by atoms with E-state index in [0.717, 1.165) is 30.2 Å². The first kappa shape index (κ1) is 27.8. The Balaban J connectivity index is 0.000000259. The zero-order valence-electron chi connectivity index (χ0n) is 18.0. The van der Waals surface area contributed by atoms with Gasteiger partial charge in [-0.1, -0.05) is 67.9 Å². The van der Waals surface area contributed by atoms with Gasteiger partial charge in [0.25, 0.3) is 0 Å².